The lowest BCUT2D eigenvalue weighted by Gasteiger charge is -2.02. The maximum atomic E-state index is 11.2. The Hall–Kier alpha value is -1.84. The predicted octanol–water partition coefficient (Wildman–Crippen LogP) is 1.85. The van der Waals surface area contributed by atoms with Gasteiger partial charge < -0.3 is 9.84 Å². The smallest absolute Gasteiger partial charge is 0.311 e. The normalized spacial score (nSPS) is 9.60. The van der Waals surface area contributed by atoms with E-state index in [0.717, 1.165) is 0 Å². The second-order valence-corrected chi connectivity index (χ2v) is 3.03. The maximum absolute atomic E-state index is 11.2. The summed E-state index contributed by atoms with van der Waals surface area (Å²) in [7, 11) is 0. The molecule has 1 aromatic carbocycles. The average molecular weight is 208 g/mol. The number of para-hydroxylation sites is 1. The summed E-state index contributed by atoms with van der Waals surface area (Å²) >= 11 is 0. The van der Waals surface area contributed by atoms with E-state index in [-0.39, 0.29) is 12.8 Å². The predicted molar refractivity (Wildman–Crippen MR) is 53.6 cm³/mol. The summed E-state index contributed by atoms with van der Waals surface area (Å²) in [6.45, 7) is 0. The molecule has 0 aliphatic rings. The van der Waals surface area contributed by atoms with E-state index in [1.807, 2.05) is 6.07 Å². The van der Waals surface area contributed by atoms with Gasteiger partial charge in [-0.25, -0.2) is 0 Å². The number of esters is 1. The van der Waals surface area contributed by atoms with Crippen molar-refractivity contribution >= 4 is 11.9 Å². The number of ether oxygens (including phenoxy) is 1. The molecule has 0 radical (unpaired) electrons. The first-order valence-electron chi connectivity index (χ1n) is 4.66. The number of hydrogen-bond acceptors (Lipinski definition) is 3. The van der Waals surface area contributed by atoms with E-state index < -0.39 is 11.9 Å². The summed E-state index contributed by atoms with van der Waals surface area (Å²) in [6.07, 6.45) is 0.423. The number of benzene rings is 1. The molecule has 0 saturated heterocycles. The number of rotatable bonds is 5. The molecule has 0 amide bonds. The highest BCUT2D eigenvalue weighted by Crippen LogP contribution is 2.10. The van der Waals surface area contributed by atoms with Crippen LogP contribution in [0, 0.1) is 0 Å². The van der Waals surface area contributed by atoms with Crippen LogP contribution in [-0.2, 0) is 9.59 Å². The molecule has 1 rings (SSSR count). The molecule has 4 heteroatoms. The minimum atomic E-state index is -0.900. The fourth-order valence-electron chi connectivity index (χ4n) is 1.05. The fourth-order valence-corrected chi connectivity index (χ4v) is 1.05. The molecule has 1 N–H and O–H groups in total. The minimum absolute atomic E-state index is 0.0100. The van der Waals surface area contributed by atoms with Crippen LogP contribution < -0.4 is 4.74 Å². The number of carbonyl (C=O) groups excluding carboxylic acids is 1. The highest BCUT2D eigenvalue weighted by molar-refractivity contribution is 5.73. The van der Waals surface area contributed by atoms with Gasteiger partial charge in [-0.2, -0.15) is 0 Å². The molecule has 0 atom stereocenters. The summed E-state index contributed by atoms with van der Waals surface area (Å²) < 4.78 is 4.96. The second-order valence-electron chi connectivity index (χ2n) is 3.03. The van der Waals surface area contributed by atoms with Gasteiger partial charge in [0.1, 0.15) is 5.75 Å². The Morgan fingerprint density at radius 2 is 1.80 bits per heavy atom. The van der Waals surface area contributed by atoms with Crippen LogP contribution in [0.25, 0.3) is 0 Å². The highest BCUT2D eigenvalue weighted by atomic mass is 16.5. The topological polar surface area (TPSA) is 63.6 Å². The second kappa shape index (κ2) is 5.80. The summed E-state index contributed by atoms with van der Waals surface area (Å²) in [6, 6.07) is 8.70. The van der Waals surface area contributed by atoms with Gasteiger partial charge in [0.05, 0.1) is 0 Å². The van der Waals surface area contributed by atoms with Crippen molar-refractivity contribution in [2.75, 3.05) is 0 Å². The van der Waals surface area contributed by atoms with Crippen LogP contribution in [0.1, 0.15) is 19.3 Å². The first-order valence-corrected chi connectivity index (χ1v) is 4.66. The fraction of sp³-hybridized carbons (Fsp3) is 0.273. The molecule has 0 saturated carbocycles. The minimum Gasteiger partial charge on any atom is -0.481 e. The number of carboxylic acid groups (broad SMARTS) is 1. The van der Waals surface area contributed by atoms with Crippen LogP contribution in [-0.4, -0.2) is 17.0 Å². The largest absolute Gasteiger partial charge is 0.481 e. The lowest BCUT2D eigenvalue weighted by molar-refractivity contribution is -0.137. The van der Waals surface area contributed by atoms with E-state index >= 15 is 0 Å². The van der Waals surface area contributed by atoms with Crippen molar-refractivity contribution in [1.29, 1.82) is 0 Å². The van der Waals surface area contributed by atoms with Gasteiger partial charge in [-0.05, 0) is 18.6 Å². The monoisotopic (exact) mass is 208 g/mol. The summed E-state index contributed by atoms with van der Waals surface area (Å²) in [4.78, 5) is 21.4. The summed E-state index contributed by atoms with van der Waals surface area (Å²) in [5.74, 6) is -0.817. The Morgan fingerprint density at radius 1 is 1.13 bits per heavy atom. The molecule has 0 fully saturated rings. The van der Waals surface area contributed by atoms with Crippen molar-refractivity contribution in [3.63, 3.8) is 0 Å². The molecular formula is C11H12O4. The lowest BCUT2D eigenvalue weighted by Crippen LogP contribution is -2.08. The molecule has 0 aliphatic heterocycles. The van der Waals surface area contributed by atoms with Gasteiger partial charge in [0.2, 0.25) is 0 Å². The number of hydrogen-bond donors (Lipinski definition) is 1. The number of carbonyl (C=O) groups is 2. The van der Waals surface area contributed by atoms with Crippen molar-refractivity contribution in [3.05, 3.63) is 30.3 Å². The SMILES string of the molecule is O=C(O)CCCC(=O)Oc1ccccc1. The average Bonchev–Trinajstić information content (AvgIpc) is 2.18. The van der Waals surface area contributed by atoms with Crippen molar-refractivity contribution < 1.29 is 19.4 Å². The molecule has 0 aliphatic carbocycles. The molecule has 15 heavy (non-hydrogen) atoms. The van der Waals surface area contributed by atoms with Gasteiger partial charge in [0.15, 0.2) is 0 Å². The van der Waals surface area contributed by atoms with E-state index in [1.165, 1.54) is 0 Å². The Bertz CT molecular complexity index is 332. The van der Waals surface area contributed by atoms with Crippen LogP contribution in [0.4, 0.5) is 0 Å². The summed E-state index contributed by atoms with van der Waals surface area (Å²) in [5, 5.41) is 8.36. The van der Waals surface area contributed by atoms with E-state index in [9.17, 15) is 9.59 Å². The molecule has 4 nitrogen and oxygen atoms in total. The number of aliphatic carboxylic acids is 1. The molecule has 0 bridgehead atoms. The van der Waals surface area contributed by atoms with Crippen molar-refractivity contribution in [1.82, 2.24) is 0 Å². The third kappa shape index (κ3) is 4.81. The quantitative estimate of drug-likeness (QED) is 0.592. The van der Waals surface area contributed by atoms with Gasteiger partial charge in [-0.1, -0.05) is 18.2 Å². The molecule has 0 heterocycles. The third-order valence-electron chi connectivity index (χ3n) is 1.75. The molecule has 0 unspecified atom stereocenters. The zero-order valence-corrected chi connectivity index (χ0v) is 8.18. The van der Waals surface area contributed by atoms with Crippen LogP contribution in [0.2, 0.25) is 0 Å². The first kappa shape index (κ1) is 11.2. The van der Waals surface area contributed by atoms with Crippen molar-refractivity contribution in [2.45, 2.75) is 19.3 Å². The maximum Gasteiger partial charge on any atom is 0.311 e. The zero-order chi connectivity index (χ0) is 11.1. The first-order chi connectivity index (χ1) is 7.18. The van der Waals surface area contributed by atoms with Crippen molar-refractivity contribution in [3.8, 4) is 5.75 Å². The van der Waals surface area contributed by atoms with E-state index in [1.54, 1.807) is 24.3 Å². The van der Waals surface area contributed by atoms with E-state index in [4.69, 9.17) is 9.84 Å². The highest BCUT2D eigenvalue weighted by Gasteiger charge is 2.05. The molecule has 0 spiro atoms. The third-order valence-corrected chi connectivity index (χ3v) is 1.75. The van der Waals surface area contributed by atoms with Crippen LogP contribution in [0.5, 0.6) is 5.75 Å². The van der Waals surface area contributed by atoms with Gasteiger partial charge in [0.25, 0.3) is 0 Å². The Kier molecular flexibility index (Phi) is 4.34. The van der Waals surface area contributed by atoms with Crippen LogP contribution in [0.3, 0.4) is 0 Å². The Balaban J connectivity index is 2.28. The van der Waals surface area contributed by atoms with E-state index in [0.29, 0.717) is 12.2 Å². The zero-order valence-electron chi connectivity index (χ0n) is 8.18. The lowest BCUT2D eigenvalue weighted by atomic mass is 10.2. The van der Waals surface area contributed by atoms with Crippen LogP contribution in [0.15, 0.2) is 30.3 Å². The molecule has 0 aromatic heterocycles. The standard InChI is InChI=1S/C11H12O4/c12-10(13)7-4-8-11(14)15-9-5-2-1-3-6-9/h1-3,5-6H,4,7-8H2,(H,12,13). The van der Waals surface area contributed by atoms with Gasteiger partial charge in [0, 0.05) is 12.8 Å². The van der Waals surface area contributed by atoms with Gasteiger partial charge >= 0.3 is 11.9 Å². The molecule has 1 aromatic rings. The Labute approximate surface area is 87.5 Å². The Morgan fingerprint density at radius 3 is 2.40 bits per heavy atom. The number of carboxylic acids is 1. The van der Waals surface area contributed by atoms with E-state index in [2.05, 4.69) is 0 Å². The molecular weight excluding hydrogens is 196 g/mol. The van der Waals surface area contributed by atoms with Gasteiger partial charge in [-0.3, -0.25) is 9.59 Å². The van der Waals surface area contributed by atoms with Gasteiger partial charge in [-0.15, -0.1) is 0 Å². The summed E-state index contributed by atoms with van der Waals surface area (Å²) in [5.41, 5.74) is 0. The van der Waals surface area contributed by atoms with Crippen molar-refractivity contribution in [2.24, 2.45) is 0 Å². The van der Waals surface area contributed by atoms with Crippen LogP contribution >= 0.6 is 0 Å². The molecule has 80 valence electrons.